The number of nitrogens with one attached hydrogen (secondary N) is 1. The van der Waals surface area contributed by atoms with E-state index in [1.54, 1.807) is 30.3 Å². The third kappa shape index (κ3) is 4.50. The van der Waals surface area contributed by atoms with Gasteiger partial charge in [0.25, 0.3) is 5.56 Å². The molecule has 2 aromatic heterocycles. The van der Waals surface area contributed by atoms with E-state index in [2.05, 4.69) is 15.3 Å². The number of carbonyl (C=O) groups excluding carboxylic acids is 1. The standard InChI is InChI=1S/C22H19ClN4O3S2/c1-12-8-17(18(30-3)9-15(12)23)27-20(29)14-6-4-5-7-16(14)25-22(27)32-11-19(28)26-21-24-13(2)10-31-21/h4-10H,11H2,1-3H3,(H,24,26,28). The maximum absolute atomic E-state index is 13.5. The Balaban J connectivity index is 1.77. The van der Waals surface area contributed by atoms with Crippen molar-refractivity contribution in [3.05, 3.63) is 68.4 Å². The summed E-state index contributed by atoms with van der Waals surface area (Å²) in [6.07, 6.45) is 0. The number of amides is 1. The summed E-state index contributed by atoms with van der Waals surface area (Å²) in [6, 6.07) is 10.5. The van der Waals surface area contributed by atoms with Gasteiger partial charge in [0.1, 0.15) is 5.75 Å². The van der Waals surface area contributed by atoms with Gasteiger partial charge in [0.2, 0.25) is 5.91 Å². The van der Waals surface area contributed by atoms with Crippen LogP contribution in [0.5, 0.6) is 5.75 Å². The van der Waals surface area contributed by atoms with Gasteiger partial charge in [-0.1, -0.05) is 35.5 Å². The van der Waals surface area contributed by atoms with Crippen molar-refractivity contribution in [1.82, 2.24) is 14.5 Å². The molecule has 1 amide bonds. The van der Waals surface area contributed by atoms with Gasteiger partial charge in [-0.3, -0.25) is 14.2 Å². The molecular formula is C22H19ClN4O3S2. The molecular weight excluding hydrogens is 468 g/mol. The number of methoxy groups -OCH3 is 1. The van der Waals surface area contributed by atoms with Gasteiger partial charge in [-0.25, -0.2) is 9.97 Å². The number of hydrogen-bond donors (Lipinski definition) is 1. The van der Waals surface area contributed by atoms with E-state index < -0.39 is 0 Å². The molecule has 0 aliphatic heterocycles. The molecule has 164 valence electrons. The van der Waals surface area contributed by atoms with Crippen molar-refractivity contribution in [3.63, 3.8) is 0 Å². The maximum atomic E-state index is 13.5. The van der Waals surface area contributed by atoms with Crippen LogP contribution in [0.4, 0.5) is 5.13 Å². The molecule has 0 saturated carbocycles. The molecule has 2 aromatic carbocycles. The number of hydrogen-bond acceptors (Lipinski definition) is 7. The number of fused-ring (bicyclic) bond motifs is 1. The number of benzene rings is 2. The van der Waals surface area contributed by atoms with Crippen LogP contribution in [-0.2, 0) is 4.79 Å². The number of halogens is 1. The highest BCUT2D eigenvalue weighted by Gasteiger charge is 2.19. The average Bonchev–Trinajstić information content (AvgIpc) is 3.18. The van der Waals surface area contributed by atoms with E-state index in [0.29, 0.717) is 37.7 Å². The summed E-state index contributed by atoms with van der Waals surface area (Å²) in [5.41, 5.74) is 2.44. The Hall–Kier alpha value is -2.88. The highest BCUT2D eigenvalue weighted by Crippen LogP contribution is 2.32. The van der Waals surface area contributed by atoms with E-state index in [-0.39, 0.29) is 17.2 Å². The molecule has 0 unspecified atom stereocenters. The largest absolute Gasteiger partial charge is 0.495 e. The van der Waals surface area contributed by atoms with Gasteiger partial charge in [-0.15, -0.1) is 11.3 Å². The molecule has 0 atom stereocenters. The quantitative estimate of drug-likeness (QED) is 0.309. The number of anilines is 1. The predicted molar refractivity (Wildman–Crippen MR) is 130 cm³/mol. The SMILES string of the molecule is COc1cc(Cl)c(C)cc1-n1c(SCC(=O)Nc2nc(C)cs2)nc2ccccc2c1=O. The van der Waals surface area contributed by atoms with Gasteiger partial charge in [-0.05, 0) is 37.6 Å². The zero-order chi connectivity index (χ0) is 22.8. The van der Waals surface area contributed by atoms with Gasteiger partial charge in [0, 0.05) is 16.5 Å². The van der Waals surface area contributed by atoms with Crippen LogP contribution in [0.2, 0.25) is 5.02 Å². The Morgan fingerprint density at radius 2 is 2.03 bits per heavy atom. The molecule has 1 N–H and O–H groups in total. The highest BCUT2D eigenvalue weighted by molar-refractivity contribution is 7.99. The van der Waals surface area contributed by atoms with Crippen LogP contribution in [0, 0.1) is 13.8 Å². The van der Waals surface area contributed by atoms with Crippen molar-refractivity contribution in [1.29, 1.82) is 0 Å². The Labute approximate surface area is 197 Å². The summed E-state index contributed by atoms with van der Waals surface area (Å²) in [5, 5.41) is 6.54. The molecule has 0 fully saturated rings. The lowest BCUT2D eigenvalue weighted by atomic mass is 10.2. The Kier molecular flexibility index (Phi) is 6.50. The van der Waals surface area contributed by atoms with Crippen LogP contribution < -0.4 is 15.6 Å². The highest BCUT2D eigenvalue weighted by atomic mass is 35.5. The summed E-state index contributed by atoms with van der Waals surface area (Å²) in [6.45, 7) is 3.71. The Bertz CT molecular complexity index is 1380. The van der Waals surface area contributed by atoms with Crippen molar-refractivity contribution in [2.45, 2.75) is 19.0 Å². The average molecular weight is 487 g/mol. The molecule has 10 heteroatoms. The third-order valence-electron chi connectivity index (χ3n) is 4.64. The zero-order valence-corrected chi connectivity index (χ0v) is 19.9. The fourth-order valence-corrected chi connectivity index (χ4v) is 4.77. The van der Waals surface area contributed by atoms with Crippen LogP contribution in [0.25, 0.3) is 16.6 Å². The molecule has 0 radical (unpaired) electrons. The fraction of sp³-hybridized carbons (Fsp3) is 0.182. The smallest absolute Gasteiger partial charge is 0.266 e. The minimum atomic E-state index is -0.255. The lowest BCUT2D eigenvalue weighted by Crippen LogP contribution is -2.23. The first-order valence-electron chi connectivity index (χ1n) is 9.58. The minimum Gasteiger partial charge on any atom is -0.495 e. The third-order valence-corrected chi connectivity index (χ3v) is 6.87. The maximum Gasteiger partial charge on any atom is 0.266 e. The monoisotopic (exact) mass is 486 g/mol. The van der Waals surface area contributed by atoms with E-state index in [1.165, 1.54) is 23.0 Å². The molecule has 4 rings (SSSR count). The fourth-order valence-electron chi connectivity index (χ4n) is 3.10. The summed E-state index contributed by atoms with van der Waals surface area (Å²) < 4.78 is 6.97. The normalized spacial score (nSPS) is 11.0. The van der Waals surface area contributed by atoms with E-state index in [1.807, 2.05) is 25.3 Å². The van der Waals surface area contributed by atoms with Crippen LogP contribution in [0.15, 0.2) is 51.7 Å². The number of nitrogens with zero attached hydrogens (tertiary/aromatic N) is 3. The number of rotatable bonds is 6. The van der Waals surface area contributed by atoms with Crippen LogP contribution in [0.3, 0.4) is 0 Å². The van der Waals surface area contributed by atoms with Gasteiger partial charge >= 0.3 is 0 Å². The molecule has 4 aromatic rings. The van der Waals surface area contributed by atoms with Gasteiger partial charge in [-0.2, -0.15) is 0 Å². The van der Waals surface area contributed by atoms with E-state index in [9.17, 15) is 9.59 Å². The zero-order valence-electron chi connectivity index (χ0n) is 17.5. The first-order valence-corrected chi connectivity index (χ1v) is 11.8. The second-order valence-corrected chi connectivity index (χ2v) is 9.16. The second kappa shape index (κ2) is 9.32. The number of carbonyl (C=O) groups is 1. The van der Waals surface area contributed by atoms with Crippen LogP contribution in [0.1, 0.15) is 11.3 Å². The number of thioether (sulfide) groups is 1. The van der Waals surface area contributed by atoms with Crippen molar-refractivity contribution in [2.75, 3.05) is 18.2 Å². The van der Waals surface area contributed by atoms with E-state index in [0.717, 1.165) is 23.0 Å². The first kappa shape index (κ1) is 22.3. The van der Waals surface area contributed by atoms with Crippen molar-refractivity contribution in [2.24, 2.45) is 0 Å². The lowest BCUT2D eigenvalue weighted by Gasteiger charge is -2.17. The summed E-state index contributed by atoms with van der Waals surface area (Å²) >= 11 is 8.78. The topological polar surface area (TPSA) is 86.1 Å². The van der Waals surface area contributed by atoms with Gasteiger partial charge in [0.15, 0.2) is 10.3 Å². The van der Waals surface area contributed by atoms with E-state index >= 15 is 0 Å². The molecule has 0 aliphatic carbocycles. The molecule has 0 bridgehead atoms. The second-order valence-electron chi connectivity index (χ2n) is 6.96. The molecule has 7 nitrogen and oxygen atoms in total. The number of ether oxygens (including phenoxy) is 1. The van der Waals surface area contributed by atoms with E-state index in [4.69, 9.17) is 16.3 Å². The first-order chi connectivity index (χ1) is 15.4. The predicted octanol–water partition coefficient (Wildman–Crippen LogP) is 4.85. The summed E-state index contributed by atoms with van der Waals surface area (Å²) in [7, 11) is 1.51. The Morgan fingerprint density at radius 1 is 1.25 bits per heavy atom. The summed E-state index contributed by atoms with van der Waals surface area (Å²) in [4.78, 5) is 34.9. The molecule has 2 heterocycles. The lowest BCUT2D eigenvalue weighted by molar-refractivity contribution is -0.113. The number of aromatic nitrogens is 3. The molecule has 0 saturated heterocycles. The van der Waals surface area contributed by atoms with Crippen LogP contribution in [-0.4, -0.2) is 33.3 Å². The number of aryl methyl sites for hydroxylation is 2. The summed E-state index contributed by atoms with van der Waals surface area (Å²) in [5.74, 6) is 0.250. The number of para-hydroxylation sites is 1. The van der Waals surface area contributed by atoms with Crippen molar-refractivity contribution < 1.29 is 9.53 Å². The molecule has 0 aliphatic rings. The van der Waals surface area contributed by atoms with Crippen molar-refractivity contribution in [3.8, 4) is 11.4 Å². The number of thiazole rings is 1. The van der Waals surface area contributed by atoms with Gasteiger partial charge in [0.05, 0.1) is 35.1 Å². The minimum absolute atomic E-state index is 0.0539. The van der Waals surface area contributed by atoms with Crippen LogP contribution >= 0.6 is 34.7 Å². The Morgan fingerprint density at radius 3 is 2.75 bits per heavy atom. The molecule has 0 spiro atoms. The molecule has 32 heavy (non-hydrogen) atoms. The van der Waals surface area contributed by atoms with Crippen molar-refractivity contribution >= 4 is 56.6 Å². The van der Waals surface area contributed by atoms with Gasteiger partial charge < -0.3 is 10.1 Å².